The summed E-state index contributed by atoms with van der Waals surface area (Å²) in [7, 11) is 1.60. The van der Waals surface area contributed by atoms with Crippen LogP contribution >= 0.6 is 0 Å². The quantitative estimate of drug-likeness (QED) is 0.841. The minimum Gasteiger partial charge on any atom is -0.497 e. The van der Waals surface area contributed by atoms with E-state index in [-0.39, 0.29) is 24.5 Å². The number of nitrogens with zero attached hydrogens (tertiary/aromatic N) is 2. The fourth-order valence-electron chi connectivity index (χ4n) is 2.75. The highest BCUT2D eigenvalue weighted by Gasteiger charge is 2.26. The van der Waals surface area contributed by atoms with Gasteiger partial charge in [-0.3, -0.25) is 14.7 Å². The van der Waals surface area contributed by atoms with Crippen LogP contribution in [-0.2, 0) is 11.4 Å². The van der Waals surface area contributed by atoms with Crippen molar-refractivity contribution in [2.24, 2.45) is 0 Å². The Balaban J connectivity index is 1.63. The fourth-order valence-corrected chi connectivity index (χ4v) is 2.75. The first-order valence-electron chi connectivity index (χ1n) is 8.45. The lowest BCUT2D eigenvalue weighted by molar-refractivity contribution is -0.120. The van der Waals surface area contributed by atoms with E-state index in [1.54, 1.807) is 24.1 Å². The molecule has 0 radical (unpaired) electrons. The van der Waals surface area contributed by atoms with E-state index in [9.17, 15) is 9.59 Å². The molecule has 138 valence electrons. The Morgan fingerprint density at radius 3 is 2.96 bits per heavy atom. The third kappa shape index (κ3) is 4.14. The summed E-state index contributed by atoms with van der Waals surface area (Å²) < 4.78 is 10.9. The number of aromatic amines is 1. The molecule has 1 aromatic heterocycles. The van der Waals surface area contributed by atoms with Gasteiger partial charge in [0.2, 0.25) is 5.91 Å². The third-order valence-electron chi connectivity index (χ3n) is 4.25. The summed E-state index contributed by atoms with van der Waals surface area (Å²) in [5.74, 6) is 1.14. The van der Waals surface area contributed by atoms with E-state index in [0.717, 1.165) is 0 Å². The molecule has 1 unspecified atom stereocenters. The van der Waals surface area contributed by atoms with Crippen LogP contribution in [0, 0.1) is 0 Å². The molecule has 0 spiro atoms. The highest BCUT2D eigenvalue weighted by molar-refractivity contribution is 5.93. The number of aromatic nitrogens is 2. The number of nitrogens with one attached hydrogen (secondary N) is 2. The Bertz CT molecular complexity index is 789. The van der Waals surface area contributed by atoms with Gasteiger partial charge in [-0.15, -0.1) is 0 Å². The maximum atomic E-state index is 12.7. The first-order valence-corrected chi connectivity index (χ1v) is 8.45. The number of hydrogen-bond acceptors (Lipinski definition) is 5. The van der Waals surface area contributed by atoms with Gasteiger partial charge in [-0.25, -0.2) is 0 Å². The molecular formula is C18H22N4O4. The van der Waals surface area contributed by atoms with E-state index >= 15 is 0 Å². The van der Waals surface area contributed by atoms with E-state index in [1.165, 1.54) is 0 Å². The normalized spacial score (nSPS) is 17.4. The number of hydrogen-bond donors (Lipinski definition) is 2. The van der Waals surface area contributed by atoms with Crippen LogP contribution < -0.4 is 14.8 Å². The topological polar surface area (TPSA) is 96.6 Å². The van der Waals surface area contributed by atoms with Gasteiger partial charge in [-0.1, -0.05) is 6.07 Å². The second kappa shape index (κ2) is 7.90. The van der Waals surface area contributed by atoms with Crippen molar-refractivity contribution in [2.75, 3.05) is 20.2 Å². The van der Waals surface area contributed by atoms with Crippen molar-refractivity contribution in [3.63, 3.8) is 0 Å². The van der Waals surface area contributed by atoms with Crippen molar-refractivity contribution in [1.82, 2.24) is 20.4 Å². The highest BCUT2D eigenvalue weighted by Crippen LogP contribution is 2.20. The Morgan fingerprint density at radius 2 is 2.15 bits per heavy atom. The lowest BCUT2D eigenvalue weighted by atomic mass is 10.2. The average Bonchev–Trinajstić information content (AvgIpc) is 3.07. The van der Waals surface area contributed by atoms with Crippen molar-refractivity contribution in [1.29, 1.82) is 0 Å². The molecule has 0 bridgehead atoms. The number of carbonyl (C=O) groups is 2. The minimum atomic E-state index is -0.196. The second-order valence-corrected chi connectivity index (χ2v) is 6.15. The molecule has 1 atom stereocenters. The molecule has 1 aliphatic heterocycles. The Labute approximate surface area is 151 Å². The van der Waals surface area contributed by atoms with Crippen LogP contribution in [0.25, 0.3) is 0 Å². The SMILES string of the molecule is COc1cccc(OCc2cc(C(=O)N3CCC(=O)NCC3C)n[nH]2)c1. The monoisotopic (exact) mass is 358 g/mol. The summed E-state index contributed by atoms with van der Waals surface area (Å²) in [6.45, 7) is 2.99. The molecule has 2 N–H and O–H groups in total. The van der Waals surface area contributed by atoms with Gasteiger partial charge in [0.25, 0.3) is 5.91 Å². The van der Waals surface area contributed by atoms with Crippen LogP contribution in [0.15, 0.2) is 30.3 Å². The van der Waals surface area contributed by atoms with Crippen molar-refractivity contribution < 1.29 is 19.1 Å². The standard InChI is InChI=1S/C18H22N4O4/c1-12-10-19-17(23)6-7-22(12)18(24)16-8-13(20-21-16)11-26-15-5-3-4-14(9-15)25-2/h3-5,8-9,12H,6-7,10-11H2,1-2H3,(H,19,23)(H,20,21). The number of ether oxygens (including phenoxy) is 2. The maximum Gasteiger partial charge on any atom is 0.274 e. The summed E-state index contributed by atoms with van der Waals surface area (Å²) >= 11 is 0. The minimum absolute atomic E-state index is 0.0402. The zero-order valence-electron chi connectivity index (χ0n) is 14.8. The Hall–Kier alpha value is -3.03. The number of rotatable bonds is 5. The van der Waals surface area contributed by atoms with E-state index < -0.39 is 0 Å². The third-order valence-corrected chi connectivity index (χ3v) is 4.25. The van der Waals surface area contributed by atoms with Crippen LogP contribution in [-0.4, -0.2) is 53.2 Å². The van der Waals surface area contributed by atoms with E-state index in [2.05, 4.69) is 15.5 Å². The average molecular weight is 358 g/mol. The van der Waals surface area contributed by atoms with Crippen LogP contribution in [0.5, 0.6) is 11.5 Å². The summed E-state index contributed by atoms with van der Waals surface area (Å²) in [5.41, 5.74) is 1.00. The maximum absolute atomic E-state index is 12.7. The van der Waals surface area contributed by atoms with Crippen molar-refractivity contribution in [2.45, 2.75) is 26.0 Å². The largest absolute Gasteiger partial charge is 0.497 e. The first kappa shape index (κ1) is 17.8. The molecule has 2 heterocycles. The summed E-state index contributed by atoms with van der Waals surface area (Å²) in [4.78, 5) is 25.9. The van der Waals surface area contributed by atoms with Crippen LogP contribution in [0.2, 0.25) is 0 Å². The molecule has 1 fully saturated rings. The lowest BCUT2D eigenvalue weighted by Gasteiger charge is -2.25. The Morgan fingerprint density at radius 1 is 1.35 bits per heavy atom. The van der Waals surface area contributed by atoms with Gasteiger partial charge in [0, 0.05) is 31.6 Å². The zero-order valence-corrected chi connectivity index (χ0v) is 14.8. The summed E-state index contributed by atoms with van der Waals surface area (Å²) in [6.07, 6.45) is 0.298. The molecule has 8 heteroatoms. The smallest absolute Gasteiger partial charge is 0.274 e. The van der Waals surface area contributed by atoms with Crippen LogP contribution in [0.1, 0.15) is 29.5 Å². The second-order valence-electron chi connectivity index (χ2n) is 6.15. The van der Waals surface area contributed by atoms with Gasteiger partial charge in [0.15, 0.2) is 5.69 Å². The van der Waals surface area contributed by atoms with E-state index in [1.807, 2.05) is 25.1 Å². The molecular weight excluding hydrogens is 336 g/mol. The van der Waals surface area contributed by atoms with Crippen molar-refractivity contribution in [3.8, 4) is 11.5 Å². The molecule has 2 amide bonds. The molecule has 1 aromatic carbocycles. The van der Waals surface area contributed by atoms with Gasteiger partial charge in [0.1, 0.15) is 18.1 Å². The predicted molar refractivity (Wildman–Crippen MR) is 94.0 cm³/mol. The fraction of sp³-hybridized carbons (Fsp3) is 0.389. The number of benzene rings is 1. The molecule has 0 aliphatic carbocycles. The predicted octanol–water partition coefficient (Wildman–Crippen LogP) is 1.35. The van der Waals surface area contributed by atoms with E-state index in [4.69, 9.17) is 9.47 Å². The molecule has 3 rings (SSSR count). The Kier molecular flexibility index (Phi) is 5.40. The summed E-state index contributed by atoms with van der Waals surface area (Å²) in [6, 6.07) is 8.88. The molecule has 0 saturated carbocycles. The number of carbonyl (C=O) groups excluding carboxylic acids is 2. The van der Waals surface area contributed by atoms with Gasteiger partial charge in [-0.05, 0) is 25.1 Å². The number of H-pyrrole nitrogens is 1. The van der Waals surface area contributed by atoms with Gasteiger partial charge in [0.05, 0.1) is 12.8 Å². The van der Waals surface area contributed by atoms with Crippen molar-refractivity contribution >= 4 is 11.8 Å². The zero-order chi connectivity index (χ0) is 18.5. The highest BCUT2D eigenvalue weighted by atomic mass is 16.5. The van der Waals surface area contributed by atoms with Crippen molar-refractivity contribution in [3.05, 3.63) is 41.7 Å². The molecule has 1 saturated heterocycles. The molecule has 2 aromatic rings. The molecule has 8 nitrogen and oxygen atoms in total. The van der Waals surface area contributed by atoms with E-state index in [0.29, 0.717) is 42.4 Å². The van der Waals surface area contributed by atoms with Crippen LogP contribution in [0.3, 0.4) is 0 Å². The summed E-state index contributed by atoms with van der Waals surface area (Å²) in [5, 5.41) is 9.72. The van der Waals surface area contributed by atoms with Gasteiger partial charge < -0.3 is 19.7 Å². The lowest BCUT2D eigenvalue weighted by Crippen LogP contribution is -2.42. The number of methoxy groups -OCH3 is 1. The first-order chi connectivity index (χ1) is 12.6. The van der Waals surface area contributed by atoms with Gasteiger partial charge in [-0.2, -0.15) is 5.10 Å². The molecule has 1 aliphatic rings. The van der Waals surface area contributed by atoms with Gasteiger partial charge >= 0.3 is 0 Å². The number of amides is 2. The van der Waals surface area contributed by atoms with Crippen LogP contribution in [0.4, 0.5) is 0 Å². The molecule has 26 heavy (non-hydrogen) atoms.